The minimum absolute atomic E-state index is 0.00294. The Kier molecular flexibility index (Phi) is 4.38. The summed E-state index contributed by atoms with van der Waals surface area (Å²) in [4.78, 5) is 27.2. The first-order chi connectivity index (χ1) is 11.4. The summed E-state index contributed by atoms with van der Waals surface area (Å²) in [5.41, 5.74) is -0.369. The zero-order valence-electron chi connectivity index (χ0n) is 13.7. The summed E-state index contributed by atoms with van der Waals surface area (Å²) in [5.74, 6) is -0.410. The van der Waals surface area contributed by atoms with Crippen LogP contribution in [0.1, 0.15) is 26.2 Å². The van der Waals surface area contributed by atoms with Crippen molar-refractivity contribution < 1.29 is 18.0 Å². The molecule has 0 spiro atoms. The molecule has 1 aliphatic carbocycles. The van der Waals surface area contributed by atoms with E-state index in [9.17, 15) is 18.0 Å². The molecule has 6 nitrogen and oxygen atoms in total. The second-order valence-electron chi connectivity index (χ2n) is 6.55. The fourth-order valence-electron chi connectivity index (χ4n) is 3.30. The molecule has 1 unspecified atom stereocenters. The largest absolute Gasteiger partial charge is 0.338 e. The van der Waals surface area contributed by atoms with E-state index in [1.165, 1.54) is 0 Å². The maximum absolute atomic E-state index is 13.0. The average Bonchev–Trinajstić information content (AvgIpc) is 3.29. The van der Waals surface area contributed by atoms with Crippen LogP contribution in [-0.2, 0) is 19.4 Å². The molecule has 0 radical (unpaired) electrons. The van der Waals surface area contributed by atoms with Crippen molar-refractivity contribution in [3.05, 3.63) is 30.3 Å². The summed E-state index contributed by atoms with van der Waals surface area (Å²) in [6.07, 6.45) is 1.49. The van der Waals surface area contributed by atoms with Gasteiger partial charge in [-0.3, -0.25) is 9.59 Å². The molecule has 7 heteroatoms. The van der Waals surface area contributed by atoms with Gasteiger partial charge in [0, 0.05) is 18.3 Å². The number of nitrogens with one attached hydrogen (secondary N) is 1. The second kappa shape index (κ2) is 6.20. The van der Waals surface area contributed by atoms with Crippen LogP contribution >= 0.6 is 0 Å². The van der Waals surface area contributed by atoms with Gasteiger partial charge in [-0.2, -0.15) is 0 Å². The average molecular weight is 350 g/mol. The summed E-state index contributed by atoms with van der Waals surface area (Å²) < 4.78 is 23.4. The van der Waals surface area contributed by atoms with Gasteiger partial charge in [-0.05, 0) is 38.3 Å². The van der Waals surface area contributed by atoms with E-state index in [1.54, 1.807) is 17.0 Å². The lowest BCUT2D eigenvalue weighted by atomic mass is 10.0. The third-order valence-corrected chi connectivity index (χ3v) is 6.63. The van der Waals surface area contributed by atoms with Gasteiger partial charge < -0.3 is 10.2 Å². The fourth-order valence-corrected chi connectivity index (χ4v) is 5.03. The lowest BCUT2D eigenvalue weighted by molar-refractivity contribution is -0.143. The number of sulfone groups is 1. The minimum Gasteiger partial charge on any atom is -0.338 e. The summed E-state index contributed by atoms with van der Waals surface area (Å²) in [7, 11) is -3.07. The second-order valence-corrected chi connectivity index (χ2v) is 8.78. The van der Waals surface area contributed by atoms with E-state index in [0.29, 0.717) is 31.5 Å². The highest BCUT2D eigenvalue weighted by atomic mass is 32.2. The number of hydrogen-bond acceptors (Lipinski definition) is 4. The van der Waals surface area contributed by atoms with Crippen LogP contribution in [0.25, 0.3) is 0 Å². The van der Waals surface area contributed by atoms with Gasteiger partial charge in [-0.15, -0.1) is 0 Å². The lowest BCUT2D eigenvalue weighted by Crippen LogP contribution is -2.48. The molecule has 1 aromatic carbocycles. The summed E-state index contributed by atoms with van der Waals surface area (Å²) in [6.45, 7) is 2.24. The van der Waals surface area contributed by atoms with Crippen molar-refractivity contribution in [3.63, 3.8) is 0 Å². The van der Waals surface area contributed by atoms with Gasteiger partial charge in [0.15, 0.2) is 9.84 Å². The van der Waals surface area contributed by atoms with Gasteiger partial charge in [0.2, 0.25) is 11.8 Å². The molecule has 1 atom stereocenters. The van der Waals surface area contributed by atoms with Crippen LogP contribution < -0.4 is 5.32 Å². The molecule has 3 rings (SSSR count). The molecule has 2 amide bonds. The maximum atomic E-state index is 13.0. The molecule has 0 bridgehead atoms. The SMILES string of the molecule is CCN(C(=O)C1(C(=O)Nc2ccccc2)CC1)C1CCS(=O)(=O)C1. The number of hydrogen-bond donors (Lipinski definition) is 1. The predicted molar refractivity (Wildman–Crippen MR) is 91.2 cm³/mol. The van der Waals surface area contributed by atoms with E-state index in [4.69, 9.17) is 0 Å². The van der Waals surface area contributed by atoms with E-state index in [0.717, 1.165) is 0 Å². The first kappa shape index (κ1) is 17.0. The Morgan fingerprint density at radius 3 is 2.42 bits per heavy atom. The maximum Gasteiger partial charge on any atom is 0.240 e. The van der Waals surface area contributed by atoms with Crippen LogP contribution in [0.3, 0.4) is 0 Å². The third-order valence-electron chi connectivity index (χ3n) is 4.88. The number of benzene rings is 1. The van der Waals surface area contributed by atoms with Crippen molar-refractivity contribution in [2.24, 2.45) is 5.41 Å². The van der Waals surface area contributed by atoms with Gasteiger partial charge in [0.05, 0.1) is 11.5 Å². The number of carbonyl (C=O) groups excluding carboxylic acids is 2. The van der Waals surface area contributed by atoms with Crippen LogP contribution in [0.4, 0.5) is 5.69 Å². The molecule has 24 heavy (non-hydrogen) atoms. The number of rotatable bonds is 5. The van der Waals surface area contributed by atoms with Gasteiger partial charge in [-0.25, -0.2) is 8.42 Å². The Bertz CT molecular complexity index is 741. The van der Waals surface area contributed by atoms with Crippen LogP contribution in [0.2, 0.25) is 0 Å². The summed E-state index contributed by atoms with van der Waals surface area (Å²) in [6, 6.07) is 8.73. The zero-order valence-corrected chi connectivity index (χ0v) is 14.5. The number of nitrogens with zero attached hydrogens (tertiary/aromatic N) is 1. The van der Waals surface area contributed by atoms with E-state index in [1.807, 2.05) is 25.1 Å². The molecule has 1 N–H and O–H groups in total. The molecular weight excluding hydrogens is 328 g/mol. The highest BCUT2D eigenvalue weighted by molar-refractivity contribution is 7.91. The van der Waals surface area contributed by atoms with Crippen LogP contribution in [-0.4, -0.2) is 49.2 Å². The lowest BCUT2D eigenvalue weighted by Gasteiger charge is -2.30. The van der Waals surface area contributed by atoms with Crippen molar-refractivity contribution >= 4 is 27.3 Å². The molecule has 2 aliphatic rings. The van der Waals surface area contributed by atoms with Crippen molar-refractivity contribution in [1.29, 1.82) is 0 Å². The van der Waals surface area contributed by atoms with Crippen LogP contribution in [0.15, 0.2) is 30.3 Å². The molecule has 1 aliphatic heterocycles. The molecule has 130 valence electrons. The molecule has 0 aromatic heterocycles. The van der Waals surface area contributed by atoms with Crippen molar-refractivity contribution in [2.75, 3.05) is 23.4 Å². The molecule has 2 fully saturated rings. The normalized spacial score (nSPS) is 23.5. The van der Waals surface area contributed by atoms with E-state index >= 15 is 0 Å². The van der Waals surface area contributed by atoms with Crippen molar-refractivity contribution in [3.8, 4) is 0 Å². The topological polar surface area (TPSA) is 83.6 Å². The molecular formula is C17H22N2O4S. The number of carbonyl (C=O) groups is 2. The predicted octanol–water partition coefficient (Wildman–Crippen LogP) is 1.44. The standard InChI is InChI=1S/C17H22N2O4S/c1-2-19(14-8-11-24(22,23)12-14)16(21)17(9-10-17)15(20)18-13-6-4-3-5-7-13/h3-7,14H,2,8-12H2,1H3,(H,18,20). The first-order valence-electron chi connectivity index (χ1n) is 8.26. The molecule has 1 heterocycles. The van der Waals surface area contributed by atoms with E-state index in [2.05, 4.69) is 5.32 Å². The quantitative estimate of drug-likeness (QED) is 0.815. The van der Waals surface area contributed by atoms with E-state index < -0.39 is 15.3 Å². The highest BCUT2D eigenvalue weighted by Gasteiger charge is 2.58. The Morgan fingerprint density at radius 2 is 1.92 bits per heavy atom. The first-order valence-corrected chi connectivity index (χ1v) is 10.1. The Hall–Kier alpha value is -1.89. The van der Waals surface area contributed by atoms with E-state index in [-0.39, 0.29) is 29.4 Å². The van der Waals surface area contributed by atoms with Crippen molar-refractivity contribution in [1.82, 2.24) is 4.90 Å². The Labute approximate surface area is 142 Å². The Balaban J connectivity index is 1.74. The minimum atomic E-state index is -3.07. The van der Waals surface area contributed by atoms with Gasteiger partial charge in [0.25, 0.3) is 0 Å². The molecule has 1 saturated carbocycles. The summed E-state index contributed by atoms with van der Waals surface area (Å²) in [5, 5.41) is 2.81. The fraction of sp³-hybridized carbons (Fsp3) is 0.529. The smallest absolute Gasteiger partial charge is 0.240 e. The number of para-hydroxylation sites is 1. The number of amides is 2. The monoisotopic (exact) mass is 350 g/mol. The summed E-state index contributed by atoms with van der Waals surface area (Å²) >= 11 is 0. The van der Waals surface area contributed by atoms with Gasteiger partial charge in [-0.1, -0.05) is 18.2 Å². The Morgan fingerprint density at radius 1 is 1.25 bits per heavy atom. The van der Waals surface area contributed by atoms with Crippen molar-refractivity contribution in [2.45, 2.75) is 32.2 Å². The van der Waals surface area contributed by atoms with Crippen LogP contribution in [0.5, 0.6) is 0 Å². The number of anilines is 1. The van der Waals surface area contributed by atoms with Gasteiger partial charge in [0.1, 0.15) is 5.41 Å². The third kappa shape index (κ3) is 3.17. The molecule has 1 aromatic rings. The van der Waals surface area contributed by atoms with Crippen LogP contribution in [0, 0.1) is 5.41 Å². The highest BCUT2D eigenvalue weighted by Crippen LogP contribution is 2.48. The molecule has 1 saturated heterocycles. The van der Waals surface area contributed by atoms with Gasteiger partial charge >= 0.3 is 0 Å². The zero-order chi connectivity index (χ0) is 17.4.